The molecule has 0 saturated carbocycles. The van der Waals surface area contributed by atoms with Crippen LogP contribution in [0.1, 0.15) is 52.6 Å². The zero-order valence-corrected chi connectivity index (χ0v) is 14.6. The van der Waals surface area contributed by atoms with Crippen LogP contribution >= 0.6 is 0 Å². The van der Waals surface area contributed by atoms with Gasteiger partial charge in [-0.3, -0.25) is 4.79 Å². The Morgan fingerprint density at radius 3 is 2.92 bits per heavy atom. The van der Waals surface area contributed by atoms with Gasteiger partial charge in [0.05, 0.1) is 11.8 Å². The molecule has 1 heterocycles. The largest absolute Gasteiger partial charge is 0.393 e. The van der Waals surface area contributed by atoms with E-state index >= 15 is 0 Å². The van der Waals surface area contributed by atoms with Crippen LogP contribution < -0.4 is 5.32 Å². The molecule has 3 rings (SSSR count). The van der Waals surface area contributed by atoms with Crippen molar-refractivity contribution in [2.75, 3.05) is 6.54 Å². The lowest BCUT2D eigenvalue weighted by molar-refractivity contribution is 0.0953. The van der Waals surface area contributed by atoms with Crippen LogP contribution in [0.5, 0.6) is 0 Å². The summed E-state index contributed by atoms with van der Waals surface area (Å²) in [5.41, 5.74) is 5.75. The number of hydrogen-bond donors (Lipinski definition) is 3. The first-order valence-corrected chi connectivity index (χ1v) is 8.65. The van der Waals surface area contributed by atoms with Crippen molar-refractivity contribution in [1.82, 2.24) is 15.3 Å². The summed E-state index contributed by atoms with van der Waals surface area (Å²) in [4.78, 5) is 20.4. The number of hydrogen-bond acceptors (Lipinski definition) is 3. The number of rotatable bonds is 4. The molecule has 0 saturated heterocycles. The molecule has 5 nitrogen and oxygen atoms in total. The van der Waals surface area contributed by atoms with Crippen molar-refractivity contribution in [3.63, 3.8) is 0 Å². The van der Waals surface area contributed by atoms with E-state index in [2.05, 4.69) is 10.3 Å². The average Bonchev–Trinajstić information content (AvgIpc) is 2.95. The molecule has 5 heteroatoms. The van der Waals surface area contributed by atoms with Crippen molar-refractivity contribution in [2.45, 2.75) is 52.6 Å². The molecule has 1 aliphatic carbocycles. The van der Waals surface area contributed by atoms with E-state index in [9.17, 15) is 9.90 Å². The number of nitrogens with zero attached hydrogens (tertiary/aromatic N) is 1. The van der Waals surface area contributed by atoms with Gasteiger partial charge in [0.15, 0.2) is 0 Å². The Morgan fingerprint density at radius 1 is 1.38 bits per heavy atom. The predicted molar refractivity (Wildman–Crippen MR) is 94.2 cm³/mol. The van der Waals surface area contributed by atoms with Gasteiger partial charge in [-0.15, -0.1) is 0 Å². The molecule has 0 spiro atoms. The number of benzene rings is 1. The van der Waals surface area contributed by atoms with E-state index in [0.29, 0.717) is 18.5 Å². The fourth-order valence-corrected chi connectivity index (χ4v) is 3.28. The van der Waals surface area contributed by atoms with Crippen LogP contribution in [-0.2, 0) is 12.8 Å². The minimum Gasteiger partial charge on any atom is -0.393 e. The maximum atomic E-state index is 12.4. The number of aromatic nitrogens is 2. The van der Waals surface area contributed by atoms with E-state index in [-0.39, 0.29) is 12.0 Å². The SMILES string of the molecule is CCCNC(=O)c1cc(-c2nc3c([nH]2)CC(O)CC3)c(C)cc1C. The summed E-state index contributed by atoms with van der Waals surface area (Å²) >= 11 is 0. The van der Waals surface area contributed by atoms with Gasteiger partial charge in [0.25, 0.3) is 5.91 Å². The number of carbonyl (C=O) groups is 1. The molecule has 1 aliphatic rings. The summed E-state index contributed by atoms with van der Waals surface area (Å²) in [7, 11) is 0. The highest BCUT2D eigenvalue weighted by Crippen LogP contribution is 2.28. The molecule has 0 aliphatic heterocycles. The number of aromatic amines is 1. The molecule has 1 atom stereocenters. The summed E-state index contributed by atoms with van der Waals surface area (Å²) in [6.45, 7) is 6.71. The predicted octanol–water partition coefficient (Wildman–Crippen LogP) is 2.68. The number of nitrogens with one attached hydrogen (secondary N) is 2. The Kier molecular flexibility index (Phi) is 4.71. The maximum Gasteiger partial charge on any atom is 0.251 e. The number of H-pyrrole nitrogens is 1. The first-order valence-electron chi connectivity index (χ1n) is 8.65. The van der Waals surface area contributed by atoms with Gasteiger partial charge in [0.1, 0.15) is 5.82 Å². The van der Waals surface area contributed by atoms with E-state index in [0.717, 1.165) is 53.2 Å². The van der Waals surface area contributed by atoms with Gasteiger partial charge in [-0.05, 0) is 50.3 Å². The third-order valence-electron chi connectivity index (χ3n) is 4.63. The molecule has 1 amide bonds. The minimum atomic E-state index is -0.291. The lowest BCUT2D eigenvalue weighted by Crippen LogP contribution is -2.24. The van der Waals surface area contributed by atoms with Crippen molar-refractivity contribution in [1.29, 1.82) is 0 Å². The molecule has 128 valence electrons. The number of aryl methyl sites for hydroxylation is 3. The van der Waals surface area contributed by atoms with Gasteiger partial charge < -0.3 is 15.4 Å². The Hall–Kier alpha value is -2.14. The second-order valence-corrected chi connectivity index (χ2v) is 6.65. The van der Waals surface area contributed by atoms with Crippen LogP contribution in [-0.4, -0.2) is 33.6 Å². The zero-order valence-electron chi connectivity index (χ0n) is 14.6. The van der Waals surface area contributed by atoms with Crippen LogP contribution in [0.15, 0.2) is 12.1 Å². The summed E-state index contributed by atoms with van der Waals surface area (Å²) < 4.78 is 0. The smallest absolute Gasteiger partial charge is 0.251 e. The van der Waals surface area contributed by atoms with Crippen LogP contribution in [0.25, 0.3) is 11.4 Å². The third kappa shape index (κ3) is 3.22. The van der Waals surface area contributed by atoms with Crippen molar-refractivity contribution in [3.8, 4) is 11.4 Å². The van der Waals surface area contributed by atoms with E-state index < -0.39 is 0 Å². The molecule has 24 heavy (non-hydrogen) atoms. The van der Waals surface area contributed by atoms with Crippen LogP contribution in [0.2, 0.25) is 0 Å². The van der Waals surface area contributed by atoms with Gasteiger partial charge in [0, 0.05) is 29.8 Å². The lowest BCUT2D eigenvalue weighted by atomic mass is 9.99. The van der Waals surface area contributed by atoms with Crippen molar-refractivity contribution in [2.24, 2.45) is 0 Å². The van der Waals surface area contributed by atoms with Crippen molar-refractivity contribution in [3.05, 3.63) is 40.2 Å². The molecule has 1 aromatic heterocycles. The van der Waals surface area contributed by atoms with Gasteiger partial charge in [-0.25, -0.2) is 4.98 Å². The van der Waals surface area contributed by atoms with Gasteiger partial charge in [0.2, 0.25) is 0 Å². The second-order valence-electron chi connectivity index (χ2n) is 6.65. The van der Waals surface area contributed by atoms with Gasteiger partial charge in [-0.2, -0.15) is 0 Å². The number of amides is 1. The fraction of sp³-hybridized carbons (Fsp3) is 0.474. The van der Waals surface area contributed by atoms with Crippen LogP contribution in [0.4, 0.5) is 0 Å². The molecule has 1 aromatic carbocycles. The molecule has 0 bridgehead atoms. The van der Waals surface area contributed by atoms with Crippen LogP contribution in [0.3, 0.4) is 0 Å². The normalized spacial score (nSPS) is 16.8. The summed E-state index contributed by atoms with van der Waals surface area (Å²) in [6, 6.07) is 3.96. The summed E-state index contributed by atoms with van der Waals surface area (Å²) in [6.07, 6.45) is 2.80. The van der Waals surface area contributed by atoms with E-state index in [1.165, 1.54) is 0 Å². The van der Waals surface area contributed by atoms with Crippen molar-refractivity contribution >= 4 is 5.91 Å². The first kappa shape index (κ1) is 16.7. The quantitative estimate of drug-likeness (QED) is 0.808. The number of carbonyl (C=O) groups excluding carboxylic acids is 1. The Labute approximate surface area is 142 Å². The standard InChI is InChI=1S/C19H25N3O2/c1-4-7-20-19(24)15-10-14(11(2)8-12(15)3)18-21-16-6-5-13(23)9-17(16)22-18/h8,10,13,23H,4-7,9H2,1-3H3,(H,20,24)(H,21,22). The van der Waals surface area contributed by atoms with Crippen LogP contribution in [0, 0.1) is 13.8 Å². The molecule has 1 unspecified atom stereocenters. The number of fused-ring (bicyclic) bond motifs is 1. The minimum absolute atomic E-state index is 0.0395. The fourth-order valence-electron chi connectivity index (χ4n) is 3.28. The van der Waals surface area contributed by atoms with E-state index in [1.807, 2.05) is 32.9 Å². The first-order chi connectivity index (χ1) is 11.5. The molecule has 2 aromatic rings. The highest BCUT2D eigenvalue weighted by atomic mass is 16.3. The van der Waals surface area contributed by atoms with E-state index in [4.69, 9.17) is 4.98 Å². The summed E-state index contributed by atoms with van der Waals surface area (Å²) in [5, 5.41) is 12.8. The average molecular weight is 327 g/mol. The number of aliphatic hydroxyl groups excluding tert-OH is 1. The maximum absolute atomic E-state index is 12.4. The molecule has 0 radical (unpaired) electrons. The molecule has 0 fully saturated rings. The zero-order chi connectivity index (χ0) is 17.3. The van der Waals surface area contributed by atoms with Gasteiger partial charge >= 0.3 is 0 Å². The Bertz CT molecular complexity index is 764. The van der Waals surface area contributed by atoms with Gasteiger partial charge in [-0.1, -0.05) is 13.0 Å². The highest BCUT2D eigenvalue weighted by molar-refractivity contribution is 5.97. The number of aliphatic hydroxyl groups is 1. The topological polar surface area (TPSA) is 78.0 Å². The molecular formula is C19H25N3O2. The third-order valence-corrected chi connectivity index (χ3v) is 4.63. The number of imidazole rings is 1. The second kappa shape index (κ2) is 6.77. The lowest BCUT2D eigenvalue weighted by Gasteiger charge is -2.14. The Balaban J connectivity index is 1.97. The summed E-state index contributed by atoms with van der Waals surface area (Å²) in [5.74, 6) is 0.749. The van der Waals surface area contributed by atoms with E-state index in [1.54, 1.807) is 0 Å². The highest BCUT2D eigenvalue weighted by Gasteiger charge is 2.22. The molecule has 3 N–H and O–H groups in total. The molecular weight excluding hydrogens is 302 g/mol. The monoisotopic (exact) mass is 327 g/mol. The Morgan fingerprint density at radius 2 is 2.17 bits per heavy atom. The van der Waals surface area contributed by atoms with Crippen molar-refractivity contribution < 1.29 is 9.90 Å².